The van der Waals surface area contributed by atoms with Crippen LogP contribution >= 0.6 is 0 Å². The lowest BCUT2D eigenvalue weighted by Crippen LogP contribution is -2.17. The van der Waals surface area contributed by atoms with Crippen LogP contribution in [-0.2, 0) is 9.53 Å². The molecule has 0 saturated heterocycles. The van der Waals surface area contributed by atoms with Gasteiger partial charge in [0.2, 0.25) is 12.7 Å². The molecule has 24 heavy (non-hydrogen) atoms. The van der Waals surface area contributed by atoms with Crippen molar-refractivity contribution in [2.24, 2.45) is 0 Å². The topological polar surface area (TPSA) is 85.9 Å². The first-order valence-corrected chi connectivity index (χ1v) is 7.25. The second-order valence-corrected chi connectivity index (χ2v) is 5.08. The smallest absolute Gasteiger partial charge is 0.255 e. The Morgan fingerprint density at radius 3 is 2.38 bits per heavy atom. The lowest BCUT2D eigenvalue weighted by atomic mass is 10.2. The Balaban J connectivity index is 1.63. The maximum atomic E-state index is 12.3. The number of rotatable bonds is 5. The number of ether oxygens (including phenoxy) is 3. The lowest BCUT2D eigenvalue weighted by Gasteiger charge is -2.08. The zero-order valence-electron chi connectivity index (χ0n) is 13.0. The number of hydrogen-bond acceptors (Lipinski definition) is 5. The minimum Gasteiger partial charge on any atom is -0.454 e. The summed E-state index contributed by atoms with van der Waals surface area (Å²) in [6.07, 6.45) is 0. The van der Waals surface area contributed by atoms with Gasteiger partial charge in [-0.05, 0) is 42.5 Å². The van der Waals surface area contributed by atoms with Gasteiger partial charge in [0.05, 0.1) is 0 Å². The molecule has 0 aromatic heterocycles. The van der Waals surface area contributed by atoms with Crippen molar-refractivity contribution in [1.29, 1.82) is 0 Å². The zero-order valence-corrected chi connectivity index (χ0v) is 13.0. The molecular weight excluding hydrogens is 312 g/mol. The van der Waals surface area contributed by atoms with Crippen molar-refractivity contribution in [2.45, 2.75) is 0 Å². The number of nitrogens with one attached hydrogen (secondary N) is 2. The molecule has 0 spiro atoms. The number of anilines is 2. The second-order valence-electron chi connectivity index (χ2n) is 5.08. The van der Waals surface area contributed by atoms with Gasteiger partial charge in [-0.1, -0.05) is 0 Å². The number of fused-ring (bicyclic) bond motifs is 1. The number of benzene rings is 2. The molecule has 0 bridgehead atoms. The van der Waals surface area contributed by atoms with E-state index in [-0.39, 0.29) is 25.2 Å². The Kier molecular flexibility index (Phi) is 4.62. The van der Waals surface area contributed by atoms with Crippen molar-refractivity contribution in [3.63, 3.8) is 0 Å². The molecule has 2 N–H and O–H groups in total. The van der Waals surface area contributed by atoms with Crippen molar-refractivity contribution in [3.8, 4) is 11.5 Å². The van der Waals surface area contributed by atoms with Gasteiger partial charge in [-0.25, -0.2) is 0 Å². The summed E-state index contributed by atoms with van der Waals surface area (Å²) in [6.45, 7) is 0.152. The summed E-state index contributed by atoms with van der Waals surface area (Å²) in [7, 11) is 1.45. The fourth-order valence-corrected chi connectivity index (χ4v) is 2.21. The van der Waals surface area contributed by atoms with Gasteiger partial charge in [0, 0.05) is 24.0 Å². The van der Waals surface area contributed by atoms with Gasteiger partial charge >= 0.3 is 0 Å². The molecule has 1 aliphatic rings. The third kappa shape index (κ3) is 3.64. The van der Waals surface area contributed by atoms with Gasteiger partial charge in [0.25, 0.3) is 5.91 Å². The van der Waals surface area contributed by atoms with E-state index in [1.807, 2.05) is 0 Å². The number of carbonyl (C=O) groups excluding carboxylic acids is 2. The van der Waals surface area contributed by atoms with E-state index in [9.17, 15) is 9.59 Å². The first-order valence-electron chi connectivity index (χ1n) is 7.25. The van der Waals surface area contributed by atoms with Crippen molar-refractivity contribution in [1.82, 2.24) is 0 Å². The maximum absolute atomic E-state index is 12.3. The highest BCUT2D eigenvalue weighted by molar-refractivity contribution is 6.04. The molecule has 3 rings (SSSR count). The van der Waals surface area contributed by atoms with Crippen LogP contribution in [0.5, 0.6) is 11.5 Å². The molecular formula is C17H16N2O5. The Bertz CT molecular complexity index is 758. The minimum atomic E-state index is -0.260. The normalized spacial score (nSPS) is 11.9. The molecule has 0 unspecified atom stereocenters. The van der Waals surface area contributed by atoms with E-state index in [0.29, 0.717) is 28.4 Å². The van der Waals surface area contributed by atoms with Gasteiger partial charge < -0.3 is 24.8 Å². The number of amides is 2. The van der Waals surface area contributed by atoms with Crippen LogP contribution in [0.1, 0.15) is 10.4 Å². The average molecular weight is 328 g/mol. The maximum Gasteiger partial charge on any atom is 0.255 e. The van der Waals surface area contributed by atoms with E-state index in [1.54, 1.807) is 42.5 Å². The van der Waals surface area contributed by atoms with Crippen LogP contribution in [0.4, 0.5) is 11.4 Å². The Morgan fingerprint density at radius 2 is 1.67 bits per heavy atom. The second kappa shape index (κ2) is 7.01. The molecule has 7 nitrogen and oxygen atoms in total. The molecule has 2 aromatic carbocycles. The van der Waals surface area contributed by atoms with Gasteiger partial charge in [-0.3, -0.25) is 9.59 Å². The molecule has 0 aliphatic carbocycles. The predicted molar refractivity (Wildman–Crippen MR) is 87.5 cm³/mol. The third-order valence-electron chi connectivity index (χ3n) is 3.34. The molecule has 0 fully saturated rings. The van der Waals surface area contributed by atoms with E-state index in [2.05, 4.69) is 10.6 Å². The SMILES string of the molecule is COCC(=O)Nc1ccc(NC(=O)c2ccc3c(c2)OCO3)cc1. The fourth-order valence-electron chi connectivity index (χ4n) is 2.21. The van der Waals surface area contributed by atoms with E-state index in [1.165, 1.54) is 7.11 Å². The van der Waals surface area contributed by atoms with E-state index in [0.717, 1.165) is 0 Å². The summed E-state index contributed by atoms with van der Waals surface area (Å²) in [4.78, 5) is 23.7. The lowest BCUT2D eigenvalue weighted by molar-refractivity contribution is -0.119. The van der Waals surface area contributed by atoms with Crippen molar-refractivity contribution >= 4 is 23.2 Å². The molecule has 0 radical (unpaired) electrons. The summed E-state index contributed by atoms with van der Waals surface area (Å²) >= 11 is 0. The minimum absolute atomic E-state index is 0.0113. The van der Waals surface area contributed by atoms with Crippen LogP contribution in [0.2, 0.25) is 0 Å². The molecule has 124 valence electrons. The Morgan fingerprint density at radius 1 is 1.00 bits per heavy atom. The molecule has 1 heterocycles. The highest BCUT2D eigenvalue weighted by Crippen LogP contribution is 2.32. The van der Waals surface area contributed by atoms with Crippen molar-refractivity contribution in [3.05, 3.63) is 48.0 Å². The van der Waals surface area contributed by atoms with Gasteiger partial charge in [0.1, 0.15) is 6.61 Å². The highest BCUT2D eigenvalue weighted by atomic mass is 16.7. The summed E-state index contributed by atoms with van der Waals surface area (Å²) in [5.41, 5.74) is 1.71. The number of carbonyl (C=O) groups is 2. The first-order chi connectivity index (χ1) is 11.7. The monoisotopic (exact) mass is 328 g/mol. The van der Waals surface area contributed by atoms with Crippen molar-refractivity contribution < 1.29 is 23.8 Å². The van der Waals surface area contributed by atoms with Crippen LogP contribution in [0, 0.1) is 0 Å². The van der Waals surface area contributed by atoms with E-state index >= 15 is 0 Å². The van der Waals surface area contributed by atoms with Crippen molar-refractivity contribution in [2.75, 3.05) is 31.1 Å². The molecule has 1 aliphatic heterocycles. The molecule has 2 amide bonds. The van der Waals surface area contributed by atoms with E-state index < -0.39 is 0 Å². The molecule has 7 heteroatoms. The Labute approximate surface area is 138 Å². The van der Waals surface area contributed by atoms with Crippen LogP contribution in [-0.4, -0.2) is 32.3 Å². The van der Waals surface area contributed by atoms with Crippen LogP contribution in [0.15, 0.2) is 42.5 Å². The molecule has 0 atom stereocenters. The molecule has 0 saturated carbocycles. The van der Waals surface area contributed by atoms with Gasteiger partial charge in [0.15, 0.2) is 11.5 Å². The third-order valence-corrected chi connectivity index (χ3v) is 3.34. The van der Waals surface area contributed by atoms with Crippen LogP contribution < -0.4 is 20.1 Å². The predicted octanol–water partition coefficient (Wildman–Crippen LogP) is 2.25. The summed E-state index contributed by atoms with van der Waals surface area (Å²) < 4.78 is 15.2. The van der Waals surface area contributed by atoms with Gasteiger partial charge in [-0.15, -0.1) is 0 Å². The highest BCUT2D eigenvalue weighted by Gasteiger charge is 2.16. The average Bonchev–Trinajstić information content (AvgIpc) is 3.04. The number of methoxy groups -OCH3 is 1. The summed E-state index contributed by atoms with van der Waals surface area (Å²) in [5.74, 6) is 0.681. The zero-order chi connectivity index (χ0) is 16.9. The van der Waals surface area contributed by atoms with Crippen LogP contribution in [0.3, 0.4) is 0 Å². The summed E-state index contributed by atoms with van der Waals surface area (Å²) in [6, 6.07) is 11.8. The first kappa shape index (κ1) is 15.8. The fraction of sp³-hybridized carbons (Fsp3) is 0.176. The van der Waals surface area contributed by atoms with Crippen LogP contribution in [0.25, 0.3) is 0 Å². The number of hydrogen-bond donors (Lipinski definition) is 2. The largest absolute Gasteiger partial charge is 0.454 e. The standard InChI is InChI=1S/C17H16N2O5/c1-22-9-16(20)18-12-3-5-13(6-4-12)19-17(21)11-2-7-14-15(8-11)24-10-23-14/h2-8H,9-10H2,1H3,(H,18,20)(H,19,21). The van der Waals surface area contributed by atoms with Gasteiger partial charge in [-0.2, -0.15) is 0 Å². The summed E-state index contributed by atoms with van der Waals surface area (Å²) in [5, 5.41) is 5.46. The molecule has 2 aromatic rings. The quantitative estimate of drug-likeness (QED) is 0.879. The van der Waals surface area contributed by atoms with E-state index in [4.69, 9.17) is 14.2 Å². The Hall–Kier alpha value is -3.06.